The molecule has 0 aromatic carbocycles. The molecule has 0 aliphatic rings. The molecule has 17 heavy (non-hydrogen) atoms. The number of imidazole rings is 1. The fraction of sp³-hybridized carbons (Fsp3) is 0.786. The van der Waals surface area contributed by atoms with Gasteiger partial charge in [0.2, 0.25) is 0 Å². The highest BCUT2D eigenvalue weighted by Gasteiger charge is 2.23. The van der Waals surface area contributed by atoms with E-state index in [1.165, 1.54) is 12.1 Å². The van der Waals surface area contributed by atoms with E-state index in [-0.39, 0.29) is 0 Å². The summed E-state index contributed by atoms with van der Waals surface area (Å²) >= 11 is 0. The summed E-state index contributed by atoms with van der Waals surface area (Å²) < 4.78 is 2.01. The zero-order valence-corrected chi connectivity index (χ0v) is 12.0. The van der Waals surface area contributed by atoms with Gasteiger partial charge in [0.15, 0.2) is 0 Å². The van der Waals surface area contributed by atoms with E-state index in [4.69, 9.17) is 0 Å². The summed E-state index contributed by atoms with van der Waals surface area (Å²) in [5.74, 6) is 0. The van der Waals surface area contributed by atoms with E-state index in [2.05, 4.69) is 44.2 Å². The molecule has 98 valence electrons. The van der Waals surface area contributed by atoms with Crippen LogP contribution in [0.1, 0.15) is 46.2 Å². The fourth-order valence-corrected chi connectivity index (χ4v) is 2.05. The van der Waals surface area contributed by atoms with Gasteiger partial charge in [-0.1, -0.05) is 27.7 Å². The van der Waals surface area contributed by atoms with Crippen molar-refractivity contribution in [3.05, 3.63) is 18.2 Å². The third kappa shape index (κ3) is 4.90. The Labute approximate surface area is 106 Å². The Morgan fingerprint density at radius 2 is 2.12 bits per heavy atom. The van der Waals surface area contributed by atoms with Crippen molar-refractivity contribution in [2.24, 2.45) is 12.5 Å². The SMILES string of the molecule is CCCNC(CCc1cn(C)cn1)C(C)(C)C. The number of rotatable bonds is 6. The van der Waals surface area contributed by atoms with Gasteiger partial charge in [-0.15, -0.1) is 0 Å². The number of hydrogen-bond donors (Lipinski definition) is 1. The van der Waals surface area contributed by atoms with Gasteiger partial charge in [0.05, 0.1) is 12.0 Å². The van der Waals surface area contributed by atoms with Gasteiger partial charge < -0.3 is 9.88 Å². The number of nitrogens with one attached hydrogen (secondary N) is 1. The van der Waals surface area contributed by atoms with Crippen LogP contribution in [-0.2, 0) is 13.5 Å². The van der Waals surface area contributed by atoms with Crippen molar-refractivity contribution in [2.45, 2.75) is 53.0 Å². The van der Waals surface area contributed by atoms with Gasteiger partial charge in [-0.05, 0) is 31.2 Å². The highest BCUT2D eigenvalue weighted by atomic mass is 15.0. The zero-order valence-electron chi connectivity index (χ0n) is 12.0. The zero-order chi connectivity index (χ0) is 12.9. The molecule has 0 fully saturated rings. The predicted molar refractivity (Wildman–Crippen MR) is 73.1 cm³/mol. The molecule has 1 N–H and O–H groups in total. The molecule has 1 heterocycles. The molecule has 0 saturated carbocycles. The second-order valence-electron chi connectivity index (χ2n) is 5.94. The molecule has 0 aliphatic carbocycles. The van der Waals surface area contributed by atoms with Gasteiger partial charge >= 0.3 is 0 Å². The first-order valence-corrected chi connectivity index (χ1v) is 6.63. The third-order valence-corrected chi connectivity index (χ3v) is 3.13. The van der Waals surface area contributed by atoms with Crippen LogP contribution in [0, 0.1) is 5.41 Å². The van der Waals surface area contributed by atoms with Crippen LogP contribution in [0.25, 0.3) is 0 Å². The molecule has 0 bridgehead atoms. The lowest BCUT2D eigenvalue weighted by molar-refractivity contribution is 0.255. The Morgan fingerprint density at radius 3 is 2.59 bits per heavy atom. The highest BCUT2D eigenvalue weighted by Crippen LogP contribution is 2.23. The van der Waals surface area contributed by atoms with Crippen molar-refractivity contribution < 1.29 is 0 Å². The highest BCUT2D eigenvalue weighted by molar-refractivity contribution is 4.97. The van der Waals surface area contributed by atoms with E-state index < -0.39 is 0 Å². The van der Waals surface area contributed by atoms with Crippen molar-refractivity contribution in [3.63, 3.8) is 0 Å². The van der Waals surface area contributed by atoms with Crippen LogP contribution in [-0.4, -0.2) is 22.1 Å². The lowest BCUT2D eigenvalue weighted by atomic mass is 9.83. The molecular formula is C14H27N3. The second kappa shape index (κ2) is 6.20. The Balaban J connectivity index is 2.49. The van der Waals surface area contributed by atoms with E-state index in [9.17, 15) is 0 Å². The van der Waals surface area contributed by atoms with Crippen LogP contribution in [0.5, 0.6) is 0 Å². The summed E-state index contributed by atoms with van der Waals surface area (Å²) in [6.07, 6.45) is 7.39. The molecule has 1 rings (SSSR count). The van der Waals surface area contributed by atoms with Crippen LogP contribution in [0.2, 0.25) is 0 Å². The first-order valence-electron chi connectivity index (χ1n) is 6.63. The maximum atomic E-state index is 4.39. The van der Waals surface area contributed by atoms with E-state index in [0.29, 0.717) is 11.5 Å². The first kappa shape index (κ1) is 14.2. The minimum Gasteiger partial charge on any atom is -0.340 e. The van der Waals surface area contributed by atoms with Crippen molar-refractivity contribution >= 4 is 0 Å². The molecule has 0 saturated heterocycles. The summed E-state index contributed by atoms with van der Waals surface area (Å²) in [5.41, 5.74) is 1.50. The monoisotopic (exact) mass is 237 g/mol. The molecule has 3 nitrogen and oxygen atoms in total. The Kier molecular flexibility index (Phi) is 5.19. The van der Waals surface area contributed by atoms with Crippen molar-refractivity contribution in [3.8, 4) is 0 Å². The molecule has 0 radical (unpaired) electrons. The summed E-state index contributed by atoms with van der Waals surface area (Å²) in [7, 11) is 2.02. The third-order valence-electron chi connectivity index (χ3n) is 3.13. The van der Waals surface area contributed by atoms with Crippen LogP contribution in [0.15, 0.2) is 12.5 Å². The van der Waals surface area contributed by atoms with Crippen LogP contribution in [0.3, 0.4) is 0 Å². The summed E-state index contributed by atoms with van der Waals surface area (Å²) in [6.45, 7) is 10.2. The molecule has 1 atom stereocenters. The summed E-state index contributed by atoms with van der Waals surface area (Å²) in [4.78, 5) is 4.39. The minimum atomic E-state index is 0.309. The van der Waals surface area contributed by atoms with Crippen LogP contribution in [0.4, 0.5) is 0 Å². The molecule has 0 amide bonds. The molecule has 1 aromatic heterocycles. The average molecular weight is 237 g/mol. The van der Waals surface area contributed by atoms with Gasteiger partial charge in [-0.25, -0.2) is 4.98 Å². The van der Waals surface area contributed by atoms with Gasteiger partial charge in [-0.3, -0.25) is 0 Å². The topological polar surface area (TPSA) is 29.9 Å². The maximum Gasteiger partial charge on any atom is 0.0946 e. The van der Waals surface area contributed by atoms with Crippen molar-refractivity contribution in [1.82, 2.24) is 14.9 Å². The Bertz CT molecular complexity index is 322. The number of aromatic nitrogens is 2. The van der Waals surface area contributed by atoms with Crippen LogP contribution >= 0.6 is 0 Å². The molecule has 1 aromatic rings. The van der Waals surface area contributed by atoms with Crippen LogP contribution < -0.4 is 5.32 Å². The minimum absolute atomic E-state index is 0.309. The smallest absolute Gasteiger partial charge is 0.0946 e. The fourth-order valence-electron chi connectivity index (χ4n) is 2.05. The number of aryl methyl sites for hydroxylation is 2. The summed E-state index contributed by atoms with van der Waals surface area (Å²) in [6, 6.07) is 0.560. The molecule has 0 spiro atoms. The lowest BCUT2D eigenvalue weighted by Gasteiger charge is -2.31. The largest absolute Gasteiger partial charge is 0.340 e. The normalized spacial score (nSPS) is 13.9. The maximum absolute atomic E-state index is 4.39. The van der Waals surface area contributed by atoms with E-state index in [0.717, 1.165) is 19.4 Å². The van der Waals surface area contributed by atoms with E-state index in [1.807, 2.05) is 17.9 Å². The Morgan fingerprint density at radius 1 is 1.41 bits per heavy atom. The van der Waals surface area contributed by atoms with Crippen molar-refractivity contribution in [1.29, 1.82) is 0 Å². The summed E-state index contributed by atoms with van der Waals surface area (Å²) in [5, 5.41) is 3.65. The van der Waals surface area contributed by atoms with E-state index in [1.54, 1.807) is 0 Å². The van der Waals surface area contributed by atoms with Gasteiger partial charge in [0.1, 0.15) is 0 Å². The lowest BCUT2D eigenvalue weighted by Crippen LogP contribution is -2.41. The second-order valence-corrected chi connectivity index (χ2v) is 5.94. The first-order chi connectivity index (χ1) is 7.93. The van der Waals surface area contributed by atoms with Gasteiger partial charge in [-0.2, -0.15) is 0 Å². The van der Waals surface area contributed by atoms with Crippen molar-refractivity contribution in [2.75, 3.05) is 6.54 Å². The molecule has 0 aliphatic heterocycles. The quantitative estimate of drug-likeness (QED) is 0.824. The van der Waals surface area contributed by atoms with Gasteiger partial charge in [0.25, 0.3) is 0 Å². The molecular weight excluding hydrogens is 210 g/mol. The van der Waals surface area contributed by atoms with E-state index >= 15 is 0 Å². The number of nitrogens with zero attached hydrogens (tertiary/aromatic N) is 2. The molecule has 1 unspecified atom stereocenters. The standard InChI is InChI=1S/C14H27N3/c1-6-9-15-13(14(2,3)4)8-7-12-10-17(5)11-16-12/h10-11,13,15H,6-9H2,1-5H3. The average Bonchev–Trinajstić information content (AvgIpc) is 2.62. The number of hydrogen-bond acceptors (Lipinski definition) is 2. The van der Waals surface area contributed by atoms with Gasteiger partial charge in [0, 0.05) is 19.3 Å². The Hall–Kier alpha value is -0.830. The molecule has 3 heteroatoms. The predicted octanol–water partition coefficient (Wildman–Crippen LogP) is 2.77.